The van der Waals surface area contributed by atoms with Crippen LogP contribution in [0.2, 0.25) is 15.1 Å². The summed E-state index contributed by atoms with van der Waals surface area (Å²) in [6, 6.07) is 8.51. The van der Waals surface area contributed by atoms with E-state index in [9.17, 15) is 14.9 Å². The molecule has 0 unspecified atom stereocenters. The van der Waals surface area contributed by atoms with Crippen molar-refractivity contribution >= 4 is 52.1 Å². The third-order valence-corrected chi connectivity index (χ3v) is 3.76. The average molecular weight is 390 g/mol. The van der Waals surface area contributed by atoms with Crippen LogP contribution in [0.4, 0.5) is 11.4 Å². The summed E-state index contributed by atoms with van der Waals surface area (Å²) >= 11 is 17.5. The molecule has 0 bridgehead atoms. The zero-order valence-corrected chi connectivity index (χ0v) is 14.5. The van der Waals surface area contributed by atoms with Crippen LogP contribution in [-0.4, -0.2) is 16.9 Å². The number of rotatable bonds is 5. The van der Waals surface area contributed by atoms with Crippen LogP contribution in [0.25, 0.3) is 0 Å². The summed E-state index contributed by atoms with van der Waals surface area (Å²) in [5.74, 6) is -0.585. The fourth-order valence-electron chi connectivity index (χ4n) is 1.80. The van der Waals surface area contributed by atoms with Crippen molar-refractivity contribution in [1.29, 1.82) is 0 Å². The SMILES string of the molecule is C[C@@H](Oc1ccc(Cl)cc1[N+](=O)[O-])C(=O)Nc1ccc(Cl)cc1Cl. The van der Waals surface area contributed by atoms with E-state index in [1.807, 2.05) is 0 Å². The molecule has 2 rings (SSSR count). The van der Waals surface area contributed by atoms with E-state index in [-0.39, 0.29) is 21.5 Å². The molecule has 2 aromatic rings. The van der Waals surface area contributed by atoms with Gasteiger partial charge in [-0.15, -0.1) is 0 Å². The first-order chi connectivity index (χ1) is 11.3. The van der Waals surface area contributed by atoms with Gasteiger partial charge in [-0.05, 0) is 37.3 Å². The molecule has 0 aromatic heterocycles. The molecule has 9 heteroatoms. The standard InChI is InChI=1S/C15H11Cl3N2O4/c1-8(15(21)19-12-4-2-9(16)6-11(12)18)24-14-5-3-10(17)7-13(14)20(22)23/h2-8H,1H3,(H,19,21)/t8-/m1/s1. The van der Waals surface area contributed by atoms with Crippen LogP contribution in [0.15, 0.2) is 36.4 Å². The van der Waals surface area contributed by atoms with E-state index in [1.54, 1.807) is 12.1 Å². The summed E-state index contributed by atoms with van der Waals surface area (Å²) in [6.07, 6.45) is -1.00. The summed E-state index contributed by atoms with van der Waals surface area (Å²) in [4.78, 5) is 22.6. The number of amides is 1. The number of nitrogens with zero attached hydrogens (tertiary/aromatic N) is 1. The van der Waals surface area contributed by atoms with Gasteiger partial charge in [0.05, 0.1) is 15.6 Å². The van der Waals surface area contributed by atoms with E-state index < -0.39 is 16.9 Å². The molecule has 6 nitrogen and oxygen atoms in total. The molecule has 0 aliphatic carbocycles. The zero-order valence-electron chi connectivity index (χ0n) is 12.3. The van der Waals surface area contributed by atoms with Crippen LogP contribution in [0, 0.1) is 10.1 Å². The molecule has 0 aliphatic heterocycles. The van der Waals surface area contributed by atoms with Crippen molar-refractivity contribution in [2.24, 2.45) is 0 Å². The number of ether oxygens (including phenoxy) is 1. The van der Waals surface area contributed by atoms with Crippen LogP contribution in [0.5, 0.6) is 5.75 Å². The van der Waals surface area contributed by atoms with Crippen molar-refractivity contribution in [3.05, 3.63) is 61.6 Å². The Morgan fingerprint density at radius 2 is 1.79 bits per heavy atom. The van der Waals surface area contributed by atoms with Crippen LogP contribution < -0.4 is 10.1 Å². The number of nitro groups is 1. The Morgan fingerprint density at radius 1 is 1.17 bits per heavy atom. The predicted octanol–water partition coefficient (Wildman–Crippen LogP) is 4.96. The summed E-state index contributed by atoms with van der Waals surface area (Å²) in [7, 11) is 0. The van der Waals surface area contributed by atoms with Gasteiger partial charge in [0.15, 0.2) is 11.9 Å². The lowest BCUT2D eigenvalue weighted by molar-refractivity contribution is -0.386. The van der Waals surface area contributed by atoms with Crippen LogP contribution in [0.3, 0.4) is 0 Å². The molecular formula is C15H11Cl3N2O4. The Hall–Kier alpha value is -2.02. The van der Waals surface area contributed by atoms with Crippen molar-refractivity contribution in [2.45, 2.75) is 13.0 Å². The van der Waals surface area contributed by atoms with Crippen molar-refractivity contribution in [1.82, 2.24) is 0 Å². The van der Waals surface area contributed by atoms with E-state index in [1.165, 1.54) is 25.1 Å². The summed E-state index contributed by atoms with van der Waals surface area (Å²) in [6.45, 7) is 1.46. The first-order valence-corrected chi connectivity index (χ1v) is 7.78. The minimum Gasteiger partial charge on any atom is -0.474 e. The monoisotopic (exact) mass is 388 g/mol. The molecule has 126 valence electrons. The molecule has 1 amide bonds. The number of anilines is 1. The van der Waals surface area contributed by atoms with Crippen molar-refractivity contribution < 1.29 is 14.5 Å². The van der Waals surface area contributed by atoms with E-state index in [2.05, 4.69) is 5.32 Å². The minimum atomic E-state index is -1.00. The molecule has 1 atom stereocenters. The Kier molecular flexibility index (Phi) is 5.88. The largest absolute Gasteiger partial charge is 0.474 e. The van der Waals surface area contributed by atoms with Gasteiger partial charge < -0.3 is 10.1 Å². The molecular weight excluding hydrogens is 379 g/mol. The lowest BCUT2D eigenvalue weighted by Gasteiger charge is -2.15. The van der Waals surface area contributed by atoms with Gasteiger partial charge in [0.25, 0.3) is 5.91 Å². The van der Waals surface area contributed by atoms with E-state index in [0.717, 1.165) is 6.07 Å². The second-order valence-corrected chi connectivity index (χ2v) is 6.02. The van der Waals surface area contributed by atoms with E-state index in [0.29, 0.717) is 10.7 Å². The van der Waals surface area contributed by atoms with Gasteiger partial charge in [-0.1, -0.05) is 34.8 Å². The zero-order chi connectivity index (χ0) is 17.9. The Bertz CT molecular complexity index is 798. The van der Waals surface area contributed by atoms with E-state index in [4.69, 9.17) is 39.5 Å². The Morgan fingerprint density at radius 3 is 2.42 bits per heavy atom. The van der Waals surface area contributed by atoms with Crippen LogP contribution in [-0.2, 0) is 4.79 Å². The highest BCUT2D eigenvalue weighted by molar-refractivity contribution is 6.36. The third kappa shape index (κ3) is 4.50. The first-order valence-electron chi connectivity index (χ1n) is 6.64. The number of benzene rings is 2. The number of hydrogen-bond donors (Lipinski definition) is 1. The molecule has 24 heavy (non-hydrogen) atoms. The lowest BCUT2D eigenvalue weighted by Crippen LogP contribution is -2.30. The van der Waals surface area contributed by atoms with Gasteiger partial charge in [0, 0.05) is 16.1 Å². The second-order valence-electron chi connectivity index (χ2n) is 4.74. The van der Waals surface area contributed by atoms with Crippen molar-refractivity contribution in [3.8, 4) is 5.75 Å². The number of hydrogen-bond acceptors (Lipinski definition) is 4. The molecule has 0 heterocycles. The van der Waals surface area contributed by atoms with Gasteiger partial charge in [-0.2, -0.15) is 0 Å². The molecule has 0 aliphatic rings. The lowest BCUT2D eigenvalue weighted by atomic mass is 10.2. The molecule has 0 fully saturated rings. The number of halogens is 3. The highest BCUT2D eigenvalue weighted by Crippen LogP contribution is 2.31. The first kappa shape index (κ1) is 18.3. The number of nitro benzene ring substituents is 1. The van der Waals surface area contributed by atoms with Crippen molar-refractivity contribution in [3.63, 3.8) is 0 Å². The van der Waals surface area contributed by atoms with Gasteiger partial charge in [0.2, 0.25) is 0 Å². The number of carbonyl (C=O) groups is 1. The number of nitrogens with one attached hydrogen (secondary N) is 1. The average Bonchev–Trinajstić information content (AvgIpc) is 2.51. The fourth-order valence-corrected chi connectivity index (χ4v) is 2.42. The molecule has 0 radical (unpaired) electrons. The summed E-state index contributed by atoms with van der Waals surface area (Å²) < 4.78 is 5.38. The highest BCUT2D eigenvalue weighted by Gasteiger charge is 2.22. The van der Waals surface area contributed by atoms with Crippen LogP contribution in [0.1, 0.15) is 6.92 Å². The summed E-state index contributed by atoms with van der Waals surface area (Å²) in [5, 5.41) is 14.5. The van der Waals surface area contributed by atoms with Gasteiger partial charge in [-0.3, -0.25) is 14.9 Å². The molecule has 0 saturated heterocycles. The molecule has 0 saturated carbocycles. The van der Waals surface area contributed by atoms with Gasteiger partial charge >= 0.3 is 5.69 Å². The Balaban J connectivity index is 2.13. The maximum absolute atomic E-state index is 12.2. The predicted molar refractivity (Wildman–Crippen MR) is 93.3 cm³/mol. The summed E-state index contributed by atoms with van der Waals surface area (Å²) in [5.41, 5.74) is 0.0267. The highest BCUT2D eigenvalue weighted by atomic mass is 35.5. The van der Waals surface area contributed by atoms with Crippen molar-refractivity contribution in [2.75, 3.05) is 5.32 Å². The molecule has 2 aromatic carbocycles. The minimum absolute atomic E-state index is 0.0609. The quantitative estimate of drug-likeness (QED) is 0.579. The molecule has 0 spiro atoms. The van der Waals surface area contributed by atoms with Gasteiger partial charge in [0.1, 0.15) is 0 Å². The molecule has 1 N–H and O–H groups in total. The van der Waals surface area contributed by atoms with Gasteiger partial charge in [-0.25, -0.2) is 0 Å². The maximum Gasteiger partial charge on any atom is 0.312 e. The van der Waals surface area contributed by atoms with Crippen LogP contribution >= 0.6 is 34.8 Å². The Labute approximate surface area is 152 Å². The number of carbonyl (C=O) groups excluding carboxylic acids is 1. The maximum atomic E-state index is 12.2. The third-order valence-electron chi connectivity index (χ3n) is 2.98. The van der Waals surface area contributed by atoms with E-state index >= 15 is 0 Å². The smallest absolute Gasteiger partial charge is 0.312 e. The second kappa shape index (κ2) is 7.70. The fraction of sp³-hybridized carbons (Fsp3) is 0.133. The topological polar surface area (TPSA) is 81.5 Å². The normalized spacial score (nSPS) is 11.7.